The van der Waals surface area contributed by atoms with Gasteiger partial charge in [-0.1, -0.05) is 0 Å². The summed E-state index contributed by atoms with van der Waals surface area (Å²) in [6, 6.07) is 0. The molecule has 0 radical (unpaired) electrons. The Balaban J connectivity index is -0.00000144. The van der Waals surface area contributed by atoms with E-state index in [1.807, 2.05) is 0 Å². The molecule has 0 aromatic rings. The van der Waals surface area contributed by atoms with E-state index < -0.39 is 33.8 Å². The first-order valence-electron chi connectivity index (χ1n) is 3.33. The van der Waals surface area contributed by atoms with Crippen LogP contribution in [0, 0.1) is 0 Å². The number of rotatable bonds is 4. The molecule has 0 aromatic heterocycles. The van der Waals surface area contributed by atoms with E-state index in [9.17, 15) is 47.9 Å². The van der Waals surface area contributed by atoms with Crippen molar-refractivity contribution in [1.82, 2.24) is 0 Å². The molecule has 0 heterocycles. The van der Waals surface area contributed by atoms with Gasteiger partial charge >= 0.3 is 63.3 Å². The summed E-state index contributed by atoms with van der Waals surface area (Å²) < 4.78 is 135. The van der Waals surface area contributed by atoms with Crippen LogP contribution in [0.5, 0.6) is 0 Å². The fourth-order valence-electron chi connectivity index (χ4n) is 0.428. The van der Waals surface area contributed by atoms with Crippen LogP contribution < -0.4 is 29.6 Å². The molecule has 0 aliphatic carbocycles. The molecule has 19 heavy (non-hydrogen) atoms. The molecular formula is C4H2F9NaO4S. The summed E-state index contributed by atoms with van der Waals surface area (Å²) in [6.45, 7) is 0. The number of alkyl halides is 9. The van der Waals surface area contributed by atoms with Crippen LogP contribution in [-0.2, 0) is 14.9 Å². The molecule has 0 saturated heterocycles. The molecule has 0 amide bonds. The fraction of sp³-hybridized carbons (Fsp3) is 1.00. The first-order chi connectivity index (χ1) is 7.46. The van der Waals surface area contributed by atoms with E-state index in [-0.39, 0.29) is 31.0 Å². The maximum absolute atomic E-state index is 12.2. The van der Waals surface area contributed by atoms with Crippen molar-refractivity contribution in [3.63, 3.8) is 0 Å². The number of hydrogen-bond donors (Lipinski definition) is 1. The van der Waals surface area contributed by atoms with Gasteiger partial charge in [-0.2, -0.15) is 47.9 Å². The van der Waals surface area contributed by atoms with Gasteiger partial charge in [-0.15, -0.1) is 0 Å². The Bertz CT molecular complexity index is 420. The van der Waals surface area contributed by atoms with Crippen molar-refractivity contribution in [3.8, 4) is 0 Å². The molecule has 112 valence electrons. The zero-order valence-corrected chi connectivity index (χ0v) is 11.3. The molecule has 1 N–H and O–H groups in total. The van der Waals surface area contributed by atoms with E-state index in [1.165, 1.54) is 4.74 Å². The zero-order valence-electron chi connectivity index (χ0n) is 9.48. The third-order valence-corrected chi connectivity index (χ3v) is 2.13. The normalized spacial score (nSPS) is 15.1. The monoisotopic (exact) mass is 340 g/mol. The summed E-state index contributed by atoms with van der Waals surface area (Å²) >= 11 is 0. The second kappa shape index (κ2) is 5.55. The summed E-state index contributed by atoms with van der Waals surface area (Å²) in [5.74, 6) is 0. The molecule has 0 aliphatic heterocycles. The zero-order chi connectivity index (χ0) is 15.2. The molecule has 0 unspecified atom stereocenters. The van der Waals surface area contributed by atoms with Crippen molar-refractivity contribution in [2.45, 2.75) is 23.6 Å². The van der Waals surface area contributed by atoms with Crippen LogP contribution >= 0.6 is 0 Å². The van der Waals surface area contributed by atoms with Crippen molar-refractivity contribution in [2.75, 3.05) is 0 Å². The average molecular weight is 340 g/mol. The van der Waals surface area contributed by atoms with Gasteiger partial charge in [0, 0.05) is 0 Å². The molecule has 0 aliphatic rings. The summed E-state index contributed by atoms with van der Waals surface area (Å²) in [4.78, 5) is 0. The third-order valence-electron chi connectivity index (χ3n) is 1.25. The van der Waals surface area contributed by atoms with Gasteiger partial charge in [0.15, 0.2) is 0 Å². The Morgan fingerprint density at radius 3 is 1.37 bits per heavy atom. The first-order valence-corrected chi connectivity index (χ1v) is 4.77. The van der Waals surface area contributed by atoms with E-state index in [0.29, 0.717) is 0 Å². The van der Waals surface area contributed by atoms with Crippen LogP contribution in [0.3, 0.4) is 0 Å². The fourth-order valence-corrected chi connectivity index (χ4v) is 0.770. The van der Waals surface area contributed by atoms with Crippen LogP contribution in [0.2, 0.25) is 0 Å². The summed E-state index contributed by atoms with van der Waals surface area (Å²) in [5.41, 5.74) is 0. The molecule has 0 spiro atoms. The van der Waals surface area contributed by atoms with Gasteiger partial charge < -0.3 is 1.43 Å². The standard InChI is InChI=1S/C4HF9O4S.Na.H/c5-1(6,7)2(8,9)17-3(10,11)4(12,13)18(14,15)16;;/h(H,14,15,16);;/q;+1;-1. The minimum absolute atomic E-state index is 0. The summed E-state index contributed by atoms with van der Waals surface area (Å²) in [6.07, 6.45) is -20.4. The SMILES string of the molecule is O=S(=O)(O)C(F)(F)C(F)(F)OC(F)(F)C(F)(F)F.[H-].[Na+]. The maximum atomic E-state index is 12.2. The smallest absolute Gasteiger partial charge is 1.00 e. The minimum Gasteiger partial charge on any atom is -1.00 e. The van der Waals surface area contributed by atoms with Crippen molar-refractivity contribution in [3.05, 3.63) is 0 Å². The third kappa shape index (κ3) is 4.35. The van der Waals surface area contributed by atoms with Crippen molar-refractivity contribution >= 4 is 10.1 Å². The second-order valence-corrected chi connectivity index (χ2v) is 4.09. The second-order valence-electron chi connectivity index (χ2n) is 2.63. The van der Waals surface area contributed by atoms with Crippen LogP contribution in [0.15, 0.2) is 0 Å². The Hall–Kier alpha value is 0.240. The minimum atomic E-state index is -6.99. The number of hydrogen-bond acceptors (Lipinski definition) is 3. The topological polar surface area (TPSA) is 63.6 Å². The van der Waals surface area contributed by atoms with Gasteiger partial charge in [0.05, 0.1) is 0 Å². The van der Waals surface area contributed by atoms with E-state index in [2.05, 4.69) is 0 Å². The molecule has 0 fully saturated rings. The Kier molecular flexibility index (Phi) is 6.30. The molecule has 0 aromatic carbocycles. The average Bonchev–Trinajstić information content (AvgIpc) is 1.96. The summed E-state index contributed by atoms with van der Waals surface area (Å²) in [5, 5.41) is -6.70. The van der Waals surface area contributed by atoms with Crippen LogP contribution in [0.1, 0.15) is 1.43 Å². The number of halogens is 9. The van der Waals surface area contributed by atoms with Crippen LogP contribution in [0.25, 0.3) is 0 Å². The van der Waals surface area contributed by atoms with Gasteiger partial charge in [0.2, 0.25) is 0 Å². The Labute approximate surface area is 122 Å². The van der Waals surface area contributed by atoms with Gasteiger partial charge in [0.25, 0.3) is 0 Å². The molecule has 0 saturated carbocycles. The molecular weight excluding hydrogens is 338 g/mol. The van der Waals surface area contributed by atoms with Gasteiger partial charge in [0.1, 0.15) is 0 Å². The molecule has 4 nitrogen and oxygen atoms in total. The van der Waals surface area contributed by atoms with Crippen molar-refractivity contribution in [2.24, 2.45) is 0 Å². The van der Waals surface area contributed by atoms with Gasteiger partial charge in [-0.3, -0.25) is 4.55 Å². The largest absolute Gasteiger partial charge is 1.00 e. The van der Waals surface area contributed by atoms with Crippen molar-refractivity contribution < 1.29 is 88.2 Å². The van der Waals surface area contributed by atoms with Gasteiger partial charge in [-0.25, -0.2) is 4.74 Å². The first kappa shape index (κ1) is 21.5. The predicted octanol–water partition coefficient (Wildman–Crippen LogP) is -0.652. The Morgan fingerprint density at radius 1 is 0.842 bits per heavy atom. The summed E-state index contributed by atoms with van der Waals surface area (Å²) in [7, 11) is -6.99. The van der Waals surface area contributed by atoms with E-state index in [0.717, 1.165) is 0 Å². The molecule has 0 rings (SSSR count). The van der Waals surface area contributed by atoms with Crippen LogP contribution in [-0.4, -0.2) is 36.6 Å². The molecule has 15 heteroatoms. The predicted molar refractivity (Wildman–Crippen MR) is 34.6 cm³/mol. The van der Waals surface area contributed by atoms with Gasteiger partial charge in [-0.05, 0) is 0 Å². The molecule has 0 atom stereocenters. The van der Waals surface area contributed by atoms with Crippen molar-refractivity contribution in [1.29, 1.82) is 0 Å². The Morgan fingerprint density at radius 2 is 1.16 bits per heavy atom. The number of ether oxygens (including phenoxy) is 1. The van der Waals surface area contributed by atoms with E-state index in [4.69, 9.17) is 4.55 Å². The van der Waals surface area contributed by atoms with E-state index >= 15 is 0 Å². The maximum Gasteiger partial charge on any atom is 1.00 e. The van der Waals surface area contributed by atoms with E-state index in [1.54, 1.807) is 0 Å². The quantitative estimate of drug-likeness (QED) is 0.420. The van der Waals surface area contributed by atoms with Crippen LogP contribution in [0.4, 0.5) is 39.5 Å². The molecule has 0 bridgehead atoms.